The van der Waals surface area contributed by atoms with Crippen molar-refractivity contribution in [1.29, 1.82) is 0 Å². The fraction of sp³-hybridized carbons (Fsp3) is 0.182. The number of rotatable bonds is 3. The van der Waals surface area contributed by atoms with Crippen LogP contribution in [0.1, 0.15) is 17.5 Å². The maximum atomic E-state index is 10.5. The molecule has 0 atom stereocenters. The minimum absolute atomic E-state index is 0.283. The molecule has 0 radical (unpaired) electrons. The fourth-order valence-corrected chi connectivity index (χ4v) is 1.42. The monoisotopic (exact) mass is 253 g/mol. The zero-order chi connectivity index (χ0) is 10.6. The highest BCUT2D eigenvalue weighted by molar-refractivity contribution is 9.10. The van der Waals surface area contributed by atoms with Gasteiger partial charge < -0.3 is 5.73 Å². The maximum Gasteiger partial charge on any atom is 0.221 e. The lowest BCUT2D eigenvalue weighted by atomic mass is 10.1. The molecule has 0 aliphatic carbocycles. The normalized spacial score (nSPS) is 10.7. The van der Waals surface area contributed by atoms with Crippen LogP contribution in [0.2, 0.25) is 0 Å². The van der Waals surface area contributed by atoms with E-state index in [0.29, 0.717) is 0 Å². The Morgan fingerprint density at radius 3 is 2.86 bits per heavy atom. The molecule has 14 heavy (non-hydrogen) atoms. The Balaban J connectivity index is 2.73. The predicted octanol–water partition coefficient (Wildman–Crippen LogP) is 2.65. The van der Waals surface area contributed by atoms with Gasteiger partial charge in [0.25, 0.3) is 0 Å². The Kier molecular flexibility index (Phi) is 3.89. The van der Waals surface area contributed by atoms with Crippen LogP contribution >= 0.6 is 15.9 Å². The van der Waals surface area contributed by atoms with E-state index in [1.165, 1.54) is 5.56 Å². The van der Waals surface area contributed by atoms with Crippen molar-refractivity contribution in [1.82, 2.24) is 0 Å². The van der Waals surface area contributed by atoms with E-state index in [4.69, 9.17) is 5.73 Å². The van der Waals surface area contributed by atoms with Gasteiger partial charge >= 0.3 is 0 Å². The number of hydrogen-bond acceptors (Lipinski definition) is 1. The lowest BCUT2D eigenvalue weighted by molar-refractivity contribution is -0.117. The van der Waals surface area contributed by atoms with Crippen LogP contribution in [0.15, 0.2) is 28.7 Å². The summed E-state index contributed by atoms with van der Waals surface area (Å²) >= 11 is 3.44. The Morgan fingerprint density at radius 2 is 2.29 bits per heavy atom. The molecule has 74 valence electrons. The van der Waals surface area contributed by atoms with Crippen LogP contribution < -0.4 is 5.73 Å². The lowest BCUT2D eigenvalue weighted by Crippen LogP contribution is -2.07. The van der Waals surface area contributed by atoms with Crippen molar-refractivity contribution in [3.05, 3.63) is 39.9 Å². The molecule has 2 nitrogen and oxygen atoms in total. The summed E-state index contributed by atoms with van der Waals surface area (Å²) in [4.78, 5) is 10.5. The van der Waals surface area contributed by atoms with Crippen LogP contribution in [0.5, 0.6) is 0 Å². The largest absolute Gasteiger partial charge is 0.369 e. The highest BCUT2D eigenvalue weighted by Gasteiger charge is 1.94. The van der Waals surface area contributed by atoms with Gasteiger partial charge in [0.05, 0.1) is 0 Å². The maximum absolute atomic E-state index is 10.5. The van der Waals surface area contributed by atoms with Crippen LogP contribution in [0.3, 0.4) is 0 Å². The smallest absolute Gasteiger partial charge is 0.221 e. The summed E-state index contributed by atoms with van der Waals surface area (Å²) in [5, 5.41) is 0. The SMILES string of the molecule is Cc1ccc(C=CCC(N)=O)cc1Br. The van der Waals surface area contributed by atoms with Crippen LogP contribution in [0, 0.1) is 6.92 Å². The molecule has 0 aliphatic heterocycles. The molecule has 0 saturated carbocycles. The summed E-state index contributed by atoms with van der Waals surface area (Å²) < 4.78 is 1.07. The van der Waals surface area contributed by atoms with Crippen LogP contribution in [-0.2, 0) is 4.79 Å². The number of primary amides is 1. The molecule has 1 aromatic carbocycles. The topological polar surface area (TPSA) is 43.1 Å². The van der Waals surface area contributed by atoms with Gasteiger partial charge in [0, 0.05) is 10.9 Å². The second-order valence-corrected chi connectivity index (χ2v) is 3.94. The first-order chi connectivity index (χ1) is 6.59. The van der Waals surface area contributed by atoms with Crippen molar-refractivity contribution in [3.8, 4) is 0 Å². The molecule has 0 fully saturated rings. The average Bonchev–Trinajstić information content (AvgIpc) is 2.10. The lowest BCUT2D eigenvalue weighted by Gasteiger charge is -1.98. The van der Waals surface area contributed by atoms with Gasteiger partial charge in [-0.25, -0.2) is 0 Å². The Hall–Kier alpha value is -1.09. The molecule has 2 N–H and O–H groups in total. The van der Waals surface area contributed by atoms with Crippen molar-refractivity contribution in [2.24, 2.45) is 5.73 Å². The minimum atomic E-state index is -0.313. The van der Waals surface area contributed by atoms with Crippen molar-refractivity contribution in [2.45, 2.75) is 13.3 Å². The molecule has 0 aromatic heterocycles. The number of aryl methyl sites for hydroxylation is 1. The van der Waals surface area contributed by atoms with E-state index >= 15 is 0 Å². The fourth-order valence-electron chi connectivity index (χ4n) is 1.02. The van der Waals surface area contributed by atoms with E-state index in [9.17, 15) is 4.79 Å². The zero-order valence-corrected chi connectivity index (χ0v) is 9.54. The highest BCUT2D eigenvalue weighted by atomic mass is 79.9. The van der Waals surface area contributed by atoms with Gasteiger partial charge in [-0.1, -0.05) is 40.2 Å². The van der Waals surface area contributed by atoms with Crippen LogP contribution in [0.4, 0.5) is 0 Å². The summed E-state index contributed by atoms with van der Waals surface area (Å²) in [6, 6.07) is 6.03. The van der Waals surface area contributed by atoms with Crippen molar-refractivity contribution >= 4 is 27.9 Å². The van der Waals surface area contributed by atoms with Crippen LogP contribution in [0.25, 0.3) is 6.08 Å². The van der Waals surface area contributed by atoms with Gasteiger partial charge in [0.1, 0.15) is 0 Å². The summed E-state index contributed by atoms with van der Waals surface area (Å²) in [6.07, 6.45) is 3.93. The van der Waals surface area contributed by atoms with Gasteiger partial charge in [-0.15, -0.1) is 0 Å². The number of carbonyl (C=O) groups is 1. The number of carbonyl (C=O) groups excluding carboxylic acids is 1. The Morgan fingerprint density at radius 1 is 1.57 bits per heavy atom. The number of amides is 1. The number of halogens is 1. The number of benzene rings is 1. The average molecular weight is 254 g/mol. The van der Waals surface area contributed by atoms with Gasteiger partial charge in [0.15, 0.2) is 0 Å². The predicted molar refractivity (Wildman–Crippen MR) is 61.7 cm³/mol. The summed E-state index contributed by atoms with van der Waals surface area (Å²) in [7, 11) is 0. The van der Waals surface area contributed by atoms with E-state index in [1.807, 2.05) is 31.2 Å². The third-order valence-corrected chi connectivity index (χ3v) is 2.68. The van der Waals surface area contributed by atoms with E-state index in [-0.39, 0.29) is 12.3 Å². The Bertz CT molecular complexity index is 372. The molecule has 0 heterocycles. The first-order valence-corrected chi connectivity index (χ1v) is 5.10. The van der Waals surface area contributed by atoms with E-state index in [1.54, 1.807) is 6.08 Å². The third-order valence-electron chi connectivity index (χ3n) is 1.83. The van der Waals surface area contributed by atoms with E-state index < -0.39 is 0 Å². The van der Waals surface area contributed by atoms with Gasteiger partial charge in [0.2, 0.25) is 5.91 Å². The molecular formula is C11H12BrNO. The molecule has 1 amide bonds. The minimum Gasteiger partial charge on any atom is -0.369 e. The molecule has 1 rings (SSSR count). The molecule has 0 unspecified atom stereocenters. The summed E-state index contributed by atoms with van der Waals surface area (Å²) in [5.41, 5.74) is 7.26. The number of hydrogen-bond donors (Lipinski definition) is 1. The van der Waals surface area contributed by atoms with Gasteiger partial charge in [-0.05, 0) is 24.1 Å². The van der Waals surface area contributed by atoms with Gasteiger partial charge in [-0.3, -0.25) is 4.79 Å². The van der Waals surface area contributed by atoms with Crippen molar-refractivity contribution in [3.63, 3.8) is 0 Å². The second-order valence-electron chi connectivity index (χ2n) is 3.08. The number of nitrogens with two attached hydrogens (primary N) is 1. The standard InChI is InChI=1S/C11H12BrNO/c1-8-5-6-9(7-10(8)12)3-2-4-11(13)14/h2-3,5-7H,4H2,1H3,(H2,13,14). The first kappa shape index (κ1) is 11.0. The van der Waals surface area contributed by atoms with Gasteiger partial charge in [-0.2, -0.15) is 0 Å². The molecule has 0 aliphatic rings. The summed E-state index contributed by atoms with van der Waals surface area (Å²) in [6.45, 7) is 2.03. The molecule has 1 aromatic rings. The summed E-state index contributed by atoms with van der Waals surface area (Å²) in [5.74, 6) is -0.313. The molecule has 0 spiro atoms. The third kappa shape index (κ3) is 3.34. The van der Waals surface area contributed by atoms with E-state index in [2.05, 4.69) is 15.9 Å². The van der Waals surface area contributed by atoms with Crippen LogP contribution in [-0.4, -0.2) is 5.91 Å². The van der Waals surface area contributed by atoms with E-state index in [0.717, 1.165) is 10.0 Å². The zero-order valence-electron chi connectivity index (χ0n) is 7.96. The van der Waals surface area contributed by atoms with Crippen molar-refractivity contribution < 1.29 is 4.79 Å². The molecular weight excluding hydrogens is 242 g/mol. The highest BCUT2D eigenvalue weighted by Crippen LogP contribution is 2.18. The quantitative estimate of drug-likeness (QED) is 0.885. The van der Waals surface area contributed by atoms with Crippen molar-refractivity contribution in [2.75, 3.05) is 0 Å². The Labute approximate surface area is 91.9 Å². The second kappa shape index (κ2) is 4.96. The first-order valence-electron chi connectivity index (χ1n) is 4.30. The molecule has 0 bridgehead atoms. The molecule has 0 saturated heterocycles. The molecule has 3 heteroatoms.